The van der Waals surface area contributed by atoms with Crippen LogP contribution in [0.1, 0.15) is 30.6 Å². The van der Waals surface area contributed by atoms with Crippen molar-refractivity contribution in [1.29, 1.82) is 0 Å². The molecule has 162 valence electrons. The number of rotatable bonds is 10. The van der Waals surface area contributed by atoms with Crippen molar-refractivity contribution in [2.45, 2.75) is 26.1 Å². The minimum absolute atomic E-state index is 0.0875. The summed E-state index contributed by atoms with van der Waals surface area (Å²) < 4.78 is 16.5. The van der Waals surface area contributed by atoms with Gasteiger partial charge < -0.3 is 19.3 Å². The molecule has 0 unspecified atom stereocenters. The molecular weight excluding hydrogens is 420 g/mol. The number of aromatic nitrogens is 2. The van der Waals surface area contributed by atoms with Crippen LogP contribution in [0.2, 0.25) is 5.02 Å². The first-order valence-electron chi connectivity index (χ1n) is 9.72. The van der Waals surface area contributed by atoms with Crippen LogP contribution in [0.25, 0.3) is 11.3 Å². The highest BCUT2D eigenvalue weighted by molar-refractivity contribution is 6.33. The van der Waals surface area contributed by atoms with Gasteiger partial charge in [-0.3, -0.25) is 4.79 Å². The number of aliphatic carboxylic acids is 1. The minimum Gasteiger partial charge on any atom is -0.489 e. The van der Waals surface area contributed by atoms with Crippen molar-refractivity contribution in [2.24, 2.45) is 0 Å². The van der Waals surface area contributed by atoms with Gasteiger partial charge in [0, 0.05) is 18.2 Å². The molecule has 0 saturated heterocycles. The molecule has 8 heteroatoms. The highest BCUT2D eigenvalue weighted by atomic mass is 35.5. The Bertz CT molecular complexity index is 1010. The second-order valence-corrected chi connectivity index (χ2v) is 7.08. The summed E-state index contributed by atoms with van der Waals surface area (Å²) in [5.41, 5.74) is 3.10. The van der Waals surface area contributed by atoms with Gasteiger partial charge in [-0.2, -0.15) is 0 Å². The minimum atomic E-state index is -0.904. The summed E-state index contributed by atoms with van der Waals surface area (Å²) in [4.78, 5) is 11.0. The Morgan fingerprint density at radius 2 is 1.87 bits per heavy atom. The number of carbonyl (C=O) groups is 1. The van der Waals surface area contributed by atoms with Gasteiger partial charge in [-0.05, 0) is 48.4 Å². The zero-order valence-corrected chi connectivity index (χ0v) is 18.0. The quantitative estimate of drug-likeness (QED) is 0.475. The Morgan fingerprint density at radius 3 is 2.48 bits per heavy atom. The van der Waals surface area contributed by atoms with Crippen molar-refractivity contribution in [3.05, 3.63) is 70.7 Å². The molecule has 0 amide bonds. The fraction of sp³-hybridized carbons (Fsp3) is 0.261. The summed E-state index contributed by atoms with van der Waals surface area (Å²) in [5.74, 6) is 0.187. The van der Waals surface area contributed by atoms with Crippen molar-refractivity contribution in [1.82, 2.24) is 10.2 Å². The van der Waals surface area contributed by atoms with E-state index in [2.05, 4.69) is 10.2 Å². The maximum absolute atomic E-state index is 11.0. The Balaban J connectivity index is 1.68. The van der Waals surface area contributed by atoms with E-state index in [4.69, 9.17) is 30.9 Å². The van der Waals surface area contributed by atoms with Gasteiger partial charge in [0.2, 0.25) is 5.88 Å². The van der Waals surface area contributed by atoms with E-state index in [-0.39, 0.29) is 6.42 Å². The molecule has 0 spiro atoms. The zero-order chi connectivity index (χ0) is 22.2. The molecule has 0 radical (unpaired) electrons. The molecule has 2 aromatic carbocycles. The largest absolute Gasteiger partial charge is 0.489 e. The van der Waals surface area contributed by atoms with Gasteiger partial charge in [0.05, 0.1) is 30.4 Å². The lowest BCUT2D eigenvalue weighted by Gasteiger charge is -2.16. The molecule has 1 N–H and O–H groups in total. The van der Waals surface area contributed by atoms with Crippen molar-refractivity contribution < 1.29 is 24.1 Å². The number of nitrogens with zero attached hydrogens (tertiary/aromatic N) is 2. The first kappa shape index (κ1) is 22.5. The Morgan fingerprint density at radius 1 is 1.10 bits per heavy atom. The SMILES string of the molecule is CCO[C@@H](CC(=O)O)c1ccc(OCc2ccc(Cl)c(-c3ccc(OC)nn3)c2)cc1. The van der Waals surface area contributed by atoms with Gasteiger partial charge in [-0.1, -0.05) is 29.8 Å². The Labute approximate surface area is 185 Å². The molecule has 0 aliphatic heterocycles. The lowest BCUT2D eigenvalue weighted by Crippen LogP contribution is -2.10. The number of ether oxygens (including phenoxy) is 3. The van der Waals surface area contributed by atoms with Crippen LogP contribution in [-0.2, 0) is 16.1 Å². The number of halogens is 1. The van der Waals surface area contributed by atoms with Crippen LogP contribution in [0, 0.1) is 0 Å². The predicted molar refractivity (Wildman–Crippen MR) is 116 cm³/mol. The fourth-order valence-electron chi connectivity index (χ4n) is 3.01. The van der Waals surface area contributed by atoms with E-state index in [1.165, 1.54) is 7.11 Å². The zero-order valence-electron chi connectivity index (χ0n) is 17.2. The number of methoxy groups -OCH3 is 1. The van der Waals surface area contributed by atoms with Crippen LogP contribution in [0.3, 0.4) is 0 Å². The average molecular weight is 443 g/mol. The molecule has 1 atom stereocenters. The fourth-order valence-corrected chi connectivity index (χ4v) is 3.22. The van der Waals surface area contributed by atoms with E-state index in [1.54, 1.807) is 30.3 Å². The number of benzene rings is 2. The lowest BCUT2D eigenvalue weighted by atomic mass is 10.1. The number of hydrogen-bond donors (Lipinski definition) is 1. The van der Waals surface area contributed by atoms with Gasteiger partial charge >= 0.3 is 5.97 Å². The second-order valence-electron chi connectivity index (χ2n) is 6.67. The topological polar surface area (TPSA) is 90.8 Å². The molecule has 0 saturated carbocycles. The van der Waals surface area contributed by atoms with Crippen LogP contribution >= 0.6 is 11.6 Å². The third kappa shape index (κ3) is 6.16. The Kier molecular flexibility index (Phi) is 7.81. The van der Waals surface area contributed by atoms with Gasteiger partial charge in [0.1, 0.15) is 12.4 Å². The molecule has 31 heavy (non-hydrogen) atoms. The molecule has 0 fully saturated rings. The van der Waals surface area contributed by atoms with Crippen LogP contribution in [0.4, 0.5) is 0 Å². The molecular formula is C23H23ClN2O5. The Hall–Kier alpha value is -3.16. The molecule has 1 heterocycles. The van der Waals surface area contributed by atoms with Crippen molar-refractivity contribution in [3.8, 4) is 22.9 Å². The molecule has 3 aromatic rings. The first-order chi connectivity index (χ1) is 15.0. The van der Waals surface area contributed by atoms with E-state index in [1.807, 2.05) is 31.2 Å². The molecule has 3 rings (SSSR count). The second kappa shape index (κ2) is 10.7. The highest BCUT2D eigenvalue weighted by Gasteiger charge is 2.16. The predicted octanol–water partition coefficient (Wildman–Crippen LogP) is 4.94. The summed E-state index contributed by atoms with van der Waals surface area (Å²) in [7, 11) is 1.53. The van der Waals surface area contributed by atoms with Crippen LogP contribution in [0.5, 0.6) is 11.6 Å². The van der Waals surface area contributed by atoms with E-state index >= 15 is 0 Å². The first-order valence-corrected chi connectivity index (χ1v) is 10.1. The summed E-state index contributed by atoms with van der Waals surface area (Å²) in [5, 5.41) is 17.8. The van der Waals surface area contributed by atoms with Crippen LogP contribution < -0.4 is 9.47 Å². The molecule has 1 aromatic heterocycles. The number of hydrogen-bond acceptors (Lipinski definition) is 6. The van der Waals surface area contributed by atoms with Gasteiger partial charge in [-0.15, -0.1) is 10.2 Å². The summed E-state index contributed by atoms with van der Waals surface area (Å²) in [6.45, 7) is 2.61. The van der Waals surface area contributed by atoms with Crippen molar-refractivity contribution in [2.75, 3.05) is 13.7 Å². The van der Waals surface area contributed by atoms with Crippen molar-refractivity contribution in [3.63, 3.8) is 0 Å². The van der Waals surface area contributed by atoms with Crippen molar-refractivity contribution >= 4 is 17.6 Å². The summed E-state index contributed by atoms with van der Waals surface area (Å²) in [6.07, 6.45) is -0.573. The monoisotopic (exact) mass is 442 g/mol. The molecule has 0 bridgehead atoms. The van der Waals surface area contributed by atoms with Crippen LogP contribution in [-0.4, -0.2) is 35.0 Å². The summed E-state index contributed by atoms with van der Waals surface area (Å²) >= 11 is 6.34. The number of carboxylic acids is 1. The third-order valence-electron chi connectivity index (χ3n) is 4.54. The van der Waals surface area contributed by atoms with E-state index in [0.29, 0.717) is 35.6 Å². The lowest BCUT2D eigenvalue weighted by molar-refractivity contribution is -0.140. The van der Waals surface area contributed by atoms with E-state index in [9.17, 15) is 4.79 Å². The molecule has 0 aliphatic rings. The maximum Gasteiger partial charge on any atom is 0.306 e. The maximum atomic E-state index is 11.0. The van der Waals surface area contributed by atoms with Gasteiger partial charge in [-0.25, -0.2) is 0 Å². The standard InChI is InChI=1S/C23H23ClN2O5/c1-3-30-21(13-23(27)28)16-5-7-17(8-6-16)31-14-15-4-9-19(24)18(12-15)20-10-11-22(29-2)26-25-20/h4-12,21H,3,13-14H2,1-2H3,(H,27,28)/t21-/m0/s1. The van der Waals surface area contributed by atoms with Gasteiger partial charge in [0.15, 0.2) is 0 Å². The number of carboxylic acid groups (broad SMARTS) is 1. The molecule has 7 nitrogen and oxygen atoms in total. The van der Waals surface area contributed by atoms with Crippen LogP contribution in [0.15, 0.2) is 54.6 Å². The highest BCUT2D eigenvalue weighted by Crippen LogP contribution is 2.29. The smallest absolute Gasteiger partial charge is 0.306 e. The normalized spacial score (nSPS) is 11.7. The average Bonchev–Trinajstić information content (AvgIpc) is 2.78. The molecule has 0 aliphatic carbocycles. The van der Waals surface area contributed by atoms with E-state index < -0.39 is 12.1 Å². The third-order valence-corrected chi connectivity index (χ3v) is 4.87. The van der Waals surface area contributed by atoms with Gasteiger partial charge in [0.25, 0.3) is 0 Å². The van der Waals surface area contributed by atoms with E-state index in [0.717, 1.165) is 16.7 Å². The summed E-state index contributed by atoms with van der Waals surface area (Å²) in [6, 6.07) is 16.3.